The lowest BCUT2D eigenvalue weighted by molar-refractivity contribution is -0.0158. The number of aliphatic hydroxyl groups is 1. The minimum atomic E-state index is -0.658. The van der Waals surface area contributed by atoms with E-state index in [1.54, 1.807) is 24.5 Å². The minimum Gasteiger partial charge on any atom is -0.388 e. The normalized spacial score (nSPS) is 21.8. The smallest absolute Gasteiger partial charge is 0.255 e. The van der Waals surface area contributed by atoms with Crippen molar-refractivity contribution >= 4 is 5.91 Å². The predicted octanol–water partition coefficient (Wildman–Crippen LogP) is 0.801. The first-order valence-corrected chi connectivity index (χ1v) is 7.31. The summed E-state index contributed by atoms with van der Waals surface area (Å²) in [4.78, 5) is 18.1. The third kappa shape index (κ3) is 3.16. The molecule has 1 aliphatic heterocycles. The Morgan fingerprint density at radius 3 is 2.80 bits per heavy atom. The second-order valence-corrected chi connectivity index (χ2v) is 5.91. The largest absolute Gasteiger partial charge is 0.388 e. The van der Waals surface area contributed by atoms with Crippen LogP contribution in [0.25, 0.3) is 0 Å². The van der Waals surface area contributed by atoms with E-state index in [1.807, 2.05) is 4.90 Å². The second-order valence-electron chi connectivity index (χ2n) is 5.91. The number of aromatic nitrogens is 1. The number of likely N-dealkylation sites (tertiary alicyclic amines) is 1. The zero-order valence-electron chi connectivity index (χ0n) is 11.6. The first-order valence-electron chi connectivity index (χ1n) is 7.31. The van der Waals surface area contributed by atoms with Crippen molar-refractivity contribution in [2.24, 2.45) is 0 Å². The molecule has 3 rings (SSSR count). The third-order valence-electron chi connectivity index (χ3n) is 4.19. The van der Waals surface area contributed by atoms with Gasteiger partial charge in [-0.3, -0.25) is 9.78 Å². The van der Waals surface area contributed by atoms with Crippen molar-refractivity contribution < 1.29 is 9.90 Å². The number of hydrogen-bond acceptors (Lipinski definition) is 4. The highest BCUT2D eigenvalue weighted by Crippen LogP contribution is 2.25. The van der Waals surface area contributed by atoms with Gasteiger partial charge in [0, 0.05) is 38.1 Å². The van der Waals surface area contributed by atoms with Crippen LogP contribution in [-0.4, -0.2) is 52.2 Å². The van der Waals surface area contributed by atoms with Gasteiger partial charge in [0.1, 0.15) is 0 Å². The Labute approximate surface area is 119 Å². The van der Waals surface area contributed by atoms with Gasteiger partial charge < -0.3 is 15.3 Å². The van der Waals surface area contributed by atoms with E-state index in [-0.39, 0.29) is 5.91 Å². The lowest BCUT2D eigenvalue weighted by atomic mass is 9.91. The molecule has 2 N–H and O–H groups in total. The van der Waals surface area contributed by atoms with Crippen molar-refractivity contribution in [2.45, 2.75) is 37.3 Å². The van der Waals surface area contributed by atoms with Crippen LogP contribution in [0.1, 0.15) is 36.0 Å². The molecule has 0 radical (unpaired) electrons. The standard InChI is InChI=1S/C15H21N3O2/c19-14(12-2-1-7-16-10-12)18-8-5-15(20,6-9-18)11-17-13-3-4-13/h1-2,7,10,13,17,20H,3-6,8-9,11H2. The number of pyridine rings is 1. The first kappa shape index (κ1) is 13.5. The molecule has 1 saturated carbocycles. The minimum absolute atomic E-state index is 0.00954. The Morgan fingerprint density at radius 2 is 2.20 bits per heavy atom. The average molecular weight is 275 g/mol. The highest BCUT2D eigenvalue weighted by atomic mass is 16.3. The fraction of sp³-hybridized carbons (Fsp3) is 0.600. The van der Waals surface area contributed by atoms with E-state index in [1.165, 1.54) is 12.8 Å². The quantitative estimate of drug-likeness (QED) is 0.853. The summed E-state index contributed by atoms with van der Waals surface area (Å²) in [5.74, 6) is 0.00954. The van der Waals surface area contributed by atoms with E-state index in [9.17, 15) is 9.90 Å². The summed E-state index contributed by atoms with van der Waals surface area (Å²) in [5.41, 5.74) is -0.0389. The molecule has 0 bridgehead atoms. The molecule has 1 saturated heterocycles. The van der Waals surface area contributed by atoms with Gasteiger partial charge in [0.25, 0.3) is 5.91 Å². The maximum absolute atomic E-state index is 12.3. The molecule has 0 aromatic carbocycles. The number of hydrogen-bond donors (Lipinski definition) is 2. The summed E-state index contributed by atoms with van der Waals surface area (Å²) < 4.78 is 0. The molecule has 1 aliphatic carbocycles. The summed E-state index contributed by atoms with van der Waals surface area (Å²) in [7, 11) is 0. The maximum atomic E-state index is 12.3. The Hall–Kier alpha value is -1.46. The molecule has 0 atom stereocenters. The van der Waals surface area contributed by atoms with Crippen molar-refractivity contribution in [3.05, 3.63) is 30.1 Å². The van der Waals surface area contributed by atoms with Gasteiger partial charge in [0.15, 0.2) is 0 Å². The molecule has 0 unspecified atom stereocenters. The fourth-order valence-electron chi connectivity index (χ4n) is 2.60. The molecule has 108 valence electrons. The number of carbonyl (C=O) groups is 1. The van der Waals surface area contributed by atoms with Crippen LogP contribution in [0, 0.1) is 0 Å². The zero-order valence-corrected chi connectivity index (χ0v) is 11.6. The lowest BCUT2D eigenvalue weighted by Crippen LogP contribution is -2.51. The number of carbonyl (C=O) groups excluding carboxylic acids is 1. The highest BCUT2D eigenvalue weighted by Gasteiger charge is 2.35. The third-order valence-corrected chi connectivity index (χ3v) is 4.19. The van der Waals surface area contributed by atoms with E-state index < -0.39 is 5.60 Å². The molecule has 1 aromatic heterocycles. The summed E-state index contributed by atoms with van der Waals surface area (Å²) >= 11 is 0. The second kappa shape index (κ2) is 5.50. The SMILES string of the molecule is O=C(c1cccnc1)N1CCC(O)(CNC2CC2)CC1. The van der Waals surface area contributed by atoms with Gasteiger partial charge in [0.05, 0.1) is 11.2 Å². The first-order chi connectivity index (χ1) is 9.66. The number of piperidine rings is 1. The number of nitrogens with zero attached hydrogens (tertiary/aromatic N) is 2. The van der Waals surface area contributed by atoms with E-state index >= 15 is 0 Å². The van der Waals surface area contributed by atoms with Gasteiger partial charge in [0.2, 0.25) is 0 Å². The number of rotatable bonds is 4. The molecule has 0 spiro atoms. The predicted molar refractivity (Wildman–Crippen MR) is 75.3 cm³/mol. The van der Waals surface area contributed by atoms with E-state index in [0.717, 1.165) is 0 Å². The van der Waals surface area contributed by atoms with Gasteiger partial charge >= 0.3 is 0 Å². The Balaban J connectivity index is 1.53. The van der Waals surface area contributed by atoms with Crippen LogP contribution >= 0.6 is 0 Å². The van der Waals surface area contributed by atoms with Gasteiger partial charge in [-0.25, -0.2) is 0 Å². The molecular formula is C15H21N3O2. The van der Waals surface area contributed by atoms with Crippen LogP contribution in [0.4, 0.5) is 0 Å². The zero-order chi connectivity index (χ0) is 14.0. The molecule has 5 nitrogen and oxygen atoms in total. The summed E-state index contributed by atoms with van der Waals surface area (Å²) in [6, 6.07) is 4.16. The Bertz CT molecular complexity index is 465. The van der Waals surface area contributed by atoms with Gasteiger partial charge in [-0.1, -0.05) is 0 Å². The lowest BCUT2D eigenvalue weighted by Gasteiger charge is -2.38. The number of nitrogens with one attached hydrogen (secondary N) is 1. The van der Waals surface area contributed by atoms with Crippen LogP contribution in [-0.2, 0) is 0 Å². The van der Waals surface area contributed by atoms with Crippen molar-refractivity contribution in [2.75, 3.05) is 19.6 Å². The van der Waals surface area contributed by atoms with Gasteiger partial charge in [-0.05, 0) is 37.8 Å². The van der Waals surface area contributed by atoms with Crippen molar-refractivity contribution in [3.63, 3.8) is 0 Å². The van der Waals surface area contributed by atoms with Crippen LogP contribution in [0.3, 0.4) is 0 Å². The summed E-state index contributed by atoms with van der Waals surface area (Å²) in [5, 5.41) is 13.9. The molecule has 20 heavy (non-hydrogen) atoms. The average Bonchev–Trinajstić information content (AvgIpc) is 3.31. The summed E-state index contributed by atoms with van der Waals surface area (Å²) in [6.45, 7) is 1.86. The van der Waals surface area contributed by atoms with Crippen molar-refractivity contribution in [3.8, 4) is 0 Å². The molecule has 5 heteroatoms. The highest BCUT2D eigenvalue weighted by molar-refractivity contribution is 5.93. The van der Waals surface area contributed by atoms with E-state index in [4.69, 9.17) is 0 Å². The van der Waals surface area contributed by atoms with Gasteiger partial charge in [-0.2, -0.15) is 0 Å². The molecular weight excluding hydrogens is 254 g/mol. The molecule has 2 aliphatic rings. The van der Waals surface area contributed by atoms with Crippen molar-refractivity contribution in [1.82, 2.24) is 15.2 Å². The Morgan fingerprint density at radius 1 is 1.45 bits per heavy atom. The molecule has 1 aromatic rings. The monoisotopic (exact) mass is 275 g/mol. The topological polar surface area (TPSA) is 65.5 Å². The van der Waals surface area contributed by atoms with Crippen LogP contribution < -0.4 is 5.32 Å². The van der Waals surface area contributed by atoms with Gasteiger partial charge in [-0.15, -0.1) is 0 Å². The molecule has 2 heterocycles. The Kier molecular flexibility index (Phi) is 3.72. The van der Waals surface area contributed by atoms with Crippen molar-refractivity contribution in [1.29, 1.82) is 0 Å². The maximum Gasteiger partial charge on any atom is 0.255 e. The van der Waals surface area contributed by atoms with E-state index in [2.05, 4.69) is 10.3 Å². The van der Waals surface area contributed by atoms with E-state index in [0.29, 0.717) is 44.1 Å². The fourth-order valence-corrected chi connectivity index (χ4v) is 2.60. The molecule has 2 fully saturated rings. The number of amides is 1. The van der Waals surface area contributed by atoms with Crippen LogP contribution in [0.2, 0.25) is 0 Å². The van der Waals surface area contributed by atoms with Crippen LogP contribution in [0.15, 0.2) is 24.5 Å². The summed E-state index contributed by atoms with van der Waals surface area (Å²) in [6.07, 6.45) is 6.98. The van der Waals surface area contributed by atoms with Crippen LogP contribution in [0.5, 0.6) is 0 Å². The molecule has 1 amide bonds.